The second-order valence-corrected chi connectivity index (χ2v) is 7.58. The Morgan fingerprint density at radius 3 is 2.48 bits per heavy atom. The van der Waals surface area contributed by atoms with Gasteiger partial charge in [-0.1, -0.05) is 23.7 Å². The number of hydrogen-bond donors (Lipinski definition) is 1. The van der Waals surface area contributed by atoms with Gasteiger partial charge in [-0.05, 0) is 49.8 Å². The summed E-state index contributed by atoms with van der Waals surface area (Å²) >= 11 is 5.90. The molecule has 1 fully saturated rings. The third-order valence-electron chi connectivity index (χ3n) is 5.28. The lowest BCUT2D eigenvalue weighted by Crippen LogP contribution is -2.31. The molecule has 2 amide bonds. The van der Waals surface area contributed by atoms with Gasteiger partial charge >= 0.3 is 0 Å². The van der Waals surface area contributed by atoms with Gasteiger partial charge in [-0.2, -0.15) is 0 Å². The summed E-state index contributed by atoms with van der Waals surface area (Å²) in [5.74, 6) is 0.145. The highest BCUT2D eigenvalue weighted by Crippen LogP contribution is 2.23. The monoisotopic (exact) mass is 386 g/mol. The van der Waals surface area contributed by atoms with Crippen molar-refractivity contribution in [3.05, 3.63) is 52.1 Å². The first-order valence-electron chi connectivity index (χ1n) is 9.55. The number of rotatable bonds is 4. The number of nitrogens with one attached hydrogen (secondary N) is 1. The lowest BCUT2D eigenvalue weighted by Gasteiger charge is -2.19. The number of likely N-dealkylation sites (tertiary alicyclic amines) is 1. The van der Waals surface area contributed by atoms with Crippen molar-refractivity contribution in [1.29, 1.82) is 0 Å². The minimum Gasteiger partial charge on any atom is -0.347 e. The predicted octanol–water partition coefficient (Wildman–Crippen LogP) is 3.04. The Morgan fingerprint density at radius 2 is 1.74 bits per heavy atom. The van der Waals surface area contributed by atoms with Crippen LogP contribution in [0, 0.1) is 0 Å². The van der Waals surface area contributed by atoms with Gasteiger partial charge in [-0.3, -0.25) is 9.59 Å². The maximum atomic E-state index is 12.9. The third-order valence-corrected chi connectivity index (χ3v) is 5.54. The molecule has 1 N–H and O–H groups in total. The third kappa shape index (κ3) is 3.72. The van der Waals surface area contributed by atoms with Gasteiger partial charge in [0.1, 0.15) is 5.69 Å². The summed E-state index contributed by atoms with van der Waals surface area (Å²) in [7, 11) is 0. The fourth-order valence-electron chi connectivity index (χ4n) is 3.82. The summed E-state index contributed by atoms with van der Waals surface area (Å²) < 4.78 is 1.96. The maximum absolute atomic E-state index is 12.9. The highest BCUT2D eigenvalue weighted by atomic mass is 35.5. The molecule has 0 radical (unpaired) electrons. The summed E-state index contributed by atoms with van der Waals surface area (Å²) in [4.78, 5) is 32.0. The summed E-state index contributed by atoms with van der Waals surface area (Å²) in [5, 5.41) is 3.59. The largest absolute Gasteiger partial charge is 0.347 e. The van der Waals surface area contributed by atoms with E-state index in [4.69, 9.17) is 11.6 Å². The second-order valence-electron chi connectivity index (χ2n) is 7.15. The molecule has 0 saturated carbocycles. The Labute approximate surface area is 163 Å². The number of aromatic nitrogens is 2. The Balaban J connectivity index is 1.55. The van der Waals surface area contributed by atoms with Gasteiger partial charge in [0.2, 0.25) is 0 Å². The standard InChI is InChI=1S/C20H23ClN4O2/c21-15-8-6-14(7-9-15)13-22-19(26)17-16-5-1-2-12-25(16)18(23-17)20(27)24-10-3-4-11-24/h6-9H,1-5,10-13H2,(H,22,26). The minimum atomic E-state index is -0.226. The van der Waals surface area contributed by atoms with Crippen molar-refractivity contribution in [3.63, 3.8) is 0 Å². The molecule has 1 aromatic heterocycles. The molecule has 2 aliphatic rings. The molecule has 4 rings (SSSR count). The smallest absolute Gasteiger partial charge is 0.289 e. The molecule has 2 aliphatic heterocycles. The molecule has 0 spiro atoms. The van der Waals surface area contributed by atoms with Gasteiger partial charge in [0.25, 0.3) is 11.8 Å². The average molecular weight is 387 g/mol. The van der Waals surface area contributed by atoms with E-state index in [9.17, 15) is 9.59 Å². The van der Waals surface area contributed by atoms with Gasteiger partial charge in [-0.15, -0.1) is 0 Å². The number of nitrogens with zero attached hydrogens (tertiary/aromatic N) is 3. The van der Waals surface area contributed by atoms with E-state index in [0.29, 0.717) is 23.1 Å². The van der Waals surface area contributed by atoms with Crippen LogP contribution in [0.4, 0.5) is 0 Å². The van der Waals surface area contributed by atoms with E-state index < -0.39 is 0 Å². The fourth-order valence-corrected chi connectivity index (χ4v) is 3.94. The highest BCUT2D eigenvalue weighted by Gasteiger charge is 2.30. The number of amides is 2. The van der Waals surface area contributed by atoms with Crippen LogP contribution < -0.4 is 5.32 Å². The van der Waals surface area contributed by atoms with Crippen LogP contribution in [0.2, 0.25) is 5.02 Å². The summed E-state index contributed by atoms with van der Waals surface area (Å²) in [5.41, 5.74) is 2.25. The Kier molecular flexibility index (Phi) is 5.16. The topological polar surface area (TPSA) is 67.2 Å². The van der Waals surface area contributed by atoms with Crippen molar-refractivity contribution < 1.29 is 9.59 Å². The van der Waals surface area contributed by atoms with Crippen LogP contribution in [0.3, 0.4) is 0 Å². The molecule has 0 aliphatic carbocycles. The van der Waals surface area contributed by atoms with Crippen LogP contribution in [0.15, 0.2) is 24.3 Å². The molecule has 7 heteroatoms. The van der Waals surface area contributed by atoms with E-state index in [1.807, 2.05) is 21.6 Å². The van der Waals surface area contributed by atoms with Crippen molar-refractivity contribution in [2.45, 2.75) is 45.2 Å². The van der Waals surface area contributed by atoms with Crippen molar-refractivity contribution in [2.24, 2.45) is 0 Å². The zero-order chi connectivity index (χ0) is 18.8. The summed E-state index contributed by atoms with van der Waals surface area (Å²) in [6.45, 7) is 2.71. The Hall–Kier alpha value is -2.34. The van der Waals surface area contributed by atoms with Crippen LogP contribution in [-0.4, -0.2) is 39.4 Å². The molecular weight excluding hydrogens is 364 g/mol. The minimum absolute atomic E-state index is 0.0487. The predicted molar refractivity (Wildman–Crippen MR) is 103 cm³/mol. The van der Waals surface area contributed by atoms with Crippen LogP contribution in [-0.2, 0) is 19.5 Å². The van der Waals surface area contributed by atoms with Crippen molar-refractivity contribution >= 4 is 23.4 Å². The molecule has 3 heterocycles. The molecular formula is C20H23ClN4O2. The van der Waals surface area contributed by atoms with E-state index in [2.05, 4.69) is 10.3 Å². The molecule has 2 aromatic rings. The molecule has 0 unspecified atom stereocenters. The molecule has 27 heavy (non-hydrogen) atoms. The number of hydrogen-bond acceptors (Lipinski definition) is 3. The first-order valence-corrected chi connectivity index (χ1v) is 9.92. The number of carbonyl (C=O) groups excluding carboxylic acids is 2. The van der Waals surface area contributed by atoms with Gasteiger partial charge in [0.05, 0.1) is 5.69 Å². The van der Waals surface area contributed by atoms with Crippen molar-refractivity contribution in [1.82, 2.24) is 19.8 Å². The quantitative estimate of drug-likeness (QED) is 0.878. The van der Waals surface area contributed by atoms with Gasteiger partial charge < -0.3 is 14.8 Å². The number of fused-ring (bicyclic) bond motifs is 1. The van der Waals surface area contributed by atoms with Crippen molar-refractivity contribution in [3.8, 4) is 0 Å². The fraction of sp³-hybridized carbons (Fsp3) is 0.450. The van der Waals surface area contributed by atoms with Gasteiger partial charge in [0, 0.05) is 31.2 Å². The Bertz CT molecular complexity index is 854. The SMILES string of the molecule is O=C(NCc1ccc(Cl)cc1)c1nc(C(=O)N2CCCC2)n2c1CCCC2. The number of halogens is 1. The van der Waals surface area contributed by atoms with Crippen molar-refractivity contribution in [2.75, 3.05) is 13.1 Å². The molecule has 1 saturated heterocycles. The highest BCUT2D eigenvalue weighted by molar-refractivity contribution is 6.30. The second kappa shape index (κ2) is 7.72. The first kappa shape index (κ1) is 18.0. The average Bonchev–Trinajstić information content (AvgIpc) is 3.35. The molecule has 6 nitrogen and oxygen atoms in total. The van der Waals surface area contributed by atoms with E-state index in [1.54, 1.807) is 12.1 Å². The first-order chi connectivity index (χ1) is 13.1. The zero-order valence-electron chi connectivity index (χ0n) is 15.2. The maximum Gasteiger partial charge on any atom is 0.289 e. The van der Waals surface area contributed by atoms with E-state index >= 15 is 0 Å². The lowest BCUT2D eigenvalue weighted by molar-refractivity contribution is 0.0774. The normalized spacial score (nSPS) is 16.3. The van der Waals surface area contributed by atoms with Gasteiger partial charge in [-0.25, -0.2) is 4.98 Å². The molecule has 0 bridgehead atoms. The zero-order valence-corrected chi connectivity index (χ0v) is 16.0. The van der Waals surface area contributed by atoms with Gasteiger partial charge in [0.15, 0.2) is 5.82 Å². The van der Waals surface area contributed by atoms with Crippen LogP contribution in [0.25, 0.3) is 0 Å². The van der Waals surface area contributed by atoms with E-state index in [1.165, 1.54) is 0 Å². The molecule has 142 valence electrons. The van der Waals surface area contributed by atoms with Crippen LogP contribution in [0.1, 0.15) is 58.0 Å². The summed E-state index contributed by atoms with van der Waals surface area (Å²) in [6, 6.07) is 7.36. The lowest BCUT2D eigenvalue weighted by atomic mass is 10.1. The number of benzene rings is 1. The van der Waals surface area contributed by atoms with Crippen LogP contribution in [0.5, 0.6) is 0 Å². The summed E-state index contributed by atoms with van der Waals surface area (Å²) in [6.07, 6.45) is 4.88. The van der Waals surface area contributed by atoms with E-state index in [-0.39, 0.29) is 11.8 Å². The van der Waals surface area contributed by atoms with Crippen LogP contribution >= 0.6 is 11.6 Å². The number of imidazole rings is 1. The Morgan fingerprint density at radius 1 is 1.04 bits per heavy atom. The van der Waals surface area contributed by atoms with E-state index in [0.717, 1.165) is 63.0 Å². The number of carbonyl (C=O) groups is 2. The molecule has 0 atom stereocenters. The molecule has 1 aromatic carbocycles.